The summed E-state index contributed by atoms with van der Waals surface area (Å²) < 4.78 is 51.2. The van der Waals surface area contributed by atoms with Crippen LogP contribution in [0.15, 0.2) is 30.3 Å². The van der Waals surface area contributed by atoms with E-state index in [0.29, 0.717) is 25.9 Å². The van der Waals surface area contributed by atoms with Gasteiger partial charge in [-0.1, -0.05) is 58.0 Å². The standard InChI is InChI=1S/C49H82N2O13/c1-16-38-49(11,56)36(22-23-50-27-35-20-18-17-19-21-35)30(4)40(53)28(2)25-47(9,57-14)43(64-46-41(54)37(51(12)13)24-29(3)59-46)31(5)42(32(6)45(55)62-38)63-39-26-48(10,58-15)44(33(7)60-39)61-34(8)52/h17-21,28-33,36-39,41-44,46,50,54,56H,16,22-27H2,1-15H3/t28-,29-,30?,31+,32-,33+,36-,37+,38-,39?,41-,42+,43-,44+,46+,47-,48-,49+/m1/s1. The Labute approximate surface area is 382 Å². The van der Waals surface area contributed by atoms with Crippen LogP contribution in [-0.4, -0.2) is 146 Å². The van der Waals surface area contributed by atoms with E-state index < -0.39 is 108 Å². The minimum absolute atomic E-state index is 0.0801. The van der Waals surface area contributed by atoms with Crippen molar-refractivity contribution in [3.05, 3.63) is 35.9 Å². The van der Waals surface area contributed by atoms with Gasteiger partial charge in [0, 0.05) is 63.8 Å². The number of benzene rings is 1. The Balaban J connectivity index is 1.83. The van der Waals surface area contributed by atoms with Gasteiger partial charge in [0.1, 0.15) is 29.2 Å². The van der Waals surface area contributed by atoms with Crippen LogP contribution in [0.3, 0.4) is 0 Å². The molecule has 3 aliphatic heterocycles. The zero-order valence-corrected chi connectivity index (χ0v) is 41.3. The number of likely N-dealkylation sites (N-methyl/N-ethyl adjacent to an activating group) is 1. The van der Waals surface area contributed by atoms with Crippen LogP contribution in [-0.2, 0) is 58.8 Å². The number of esters is 2. The van der Waals surface area contributed by atoms with Gasteiger partial charge in [-0.05, 0) is 93.4 Å². The van der Waals surface area contributed by atoms with Gasteiger partial charge in [-0.2, -0.15) is 0 Å². The predicted molar refractivity (Wildman–Crippen MR) is 241 cm³/mol. The lowest BCUT2D eigenvalue weighted by atomic mass is 9.69. The van der Waals surface area contributed by atoms with E-state index in [2.05, 4.69) is 5.32 Å². The quantitative estimate of drug-likeness (QED) is 0.158. The molecule has 15 heteroatoms. The number of ether oxygens (including phenoxy) is 8. The van der Waals surface area contributed by atoms with E-state index in [1.807, 2.05) is 97.8 Å². The highest BCUT2D eigenvalue weighted by molar-refractivity contribution is 5.83. The number of cyclic esters (lactones) is 1. The van der Waals surface area contributed by atoms with E-state index in [9.17, 15) is 24.6 Å². The third-order valence-electron chi connectivity index (χ3n) is 14.6. The van der Waals surface area contributed by atoms with Gasteiger partial charge in [0.15, 0.2) is 18.7 Å². The first-order valence-electron chi connectivity index (χ1n) is 23.4. The second-order valence-electron chi connectivity index (χ2n) is 19.8. The molecule has 3 aliphatic rings. The van der Waals surface area contributed by atoms with Crippen molar-refractivity contribution in [1.29, 1.82) is 0 Å². The molecule has 3 N–H and O–H groups in total. The van der Waals surface area contributed by atoms with Crippen LogP contribution >= 0.6 is 0 Å². The second-order valence-corrected chi connectivity index (χ2v) is 19.8. The largest absolute Gasteiger partial charge is 0.459 e. The molecule has 4 rings (SSSR count). The Kier molecular flexibility index (Phi) is 19.4. The van der Waals surface area contributed by atoms with Crippen molar-refractivity contribution in [3.63, 3.8) is 0 Å². The molecule has 0 aliphatic carbocycles. The summed E-state index contributed by atoms with van der Waals surface area (Å²) in [6.45, 7) is 20.7. The summed E-state index contributed by atoms with van der Waals surface area (Å²) in [4.78, 5) is 43.7. The predicted octanol–water partition coefficient (Wildman–Crippen LogP) is 5.45. The fourth-order valence-corrected chi connectivity index (χ4v) is 10.7. The highest BCUT2D eigenvalue weighted by Gasteiger charge is 2.55. The minimum Gasteiger partial charge on any atom is -0.459 e. The number of ketones is 1. The van der Waals surface area contributed by atoms with Crippen LogP contribution in [0.25, 0.3) is 0 Å². The van der Waals surface area contributed by atoms with Crippen LogP contribution in [0, 0.1) is 29.6 Å². The fraction of sp³-hybridized carbons (Fsp3) is 0.816. The molecule has 0 amide bonds. The van der Waals surface area contributed by atoms with Gasteiger partial charge in [-0.3, -0.25) is 14.4 Å². The van der Waals surface area contributed by atoms with Crippen LogP contribution in [0.4, 0.5) is 0 Å². The summed E-state index contributed by atoms with van der Waals surface area (Å²) >= 11 is 0. The molecule has 366 valence electrons. The molecule has 0 radical (unpaired) electrons. The number of Topliss-reactive ketones (excluding diaryl/α,β-unsaturated/α-hetero) is 1. The molecule has 0 saturated carbocycles. The molecule has 1 aromatic rings. The van der Waals surface area contributed by atoms with Crippen LogP contribution in [0.1, 0.15) is 114 Å². The first-order valence-corrected chi connectivity index (χ1v) is 23.4. The zero-order valence-electron chi connectivity index (χ0n) is 41.3. The van der Waals surface area contributed by atoms with Gasteiger partial charge in [-0.25, -0.2) is 0 Å². The van der Waals surface area contributed by atoms with Crippen molar-refractivity contribution in [2.75, 3.05) is 34.9 Å². The van der Waals surface area contributed by atoms with E-state index in [0.717, 1.165) is 5.56 Å². The molecule has 3 fully saturated rings. The van der Waals surface area contributed by atoms with Gasteiger partial charge in [0.25, 0.3) is 0 Å². The van der Waals surface area contributed by atoms with Crippen molar-refractivity contribution >= 4 is 17.7 Å². The number of methoxy groups -OCH3 is 2. The van der Waals surface area contributed by atoms with Gasteiger partial charge in [0.2, 0.25) is 0 Å². The number of carbonyl (C=O) groups excluding carboxylic acids is 3. The van der Waals surface area contributed by atoms with Crippen molar-refractivity contribution in [2.45, 2.75) is 193 Å². The first-order chi connectivity index (χ1) is 29.9. The number of hydrogen-bond acceptors (Lipinski definition) is 15. The number of nitrogens with one attached hydrogen (secondary N) is 1. The lowest BCUT2D eigenvalue weighted by Crippen LogP contribution is -2.61. The molecule has 0 aromatic heterocycles. The Morgan fingerprint density at radius 2 is 1.53 bits per heavy atom. The first kappa shape index (κ1) is 54.0. The highest BCUT2D eigenvalue weighted by atomic mass is 16.7. The van der Waals surface area contributed by atoms with Gasteiger partial charge in [-0.15, -0.1) is 0 Å². The minimum atomic E-state index is -1.61. The van der Waals surface area contributed by atoms with Crippen molar-refractivity contribution in [1.82, 2.24) is 10.2 Å². The average Bonchev–Trinajstić information content (AvgIpc) is 3.24. The number of nitrogens with zero attached hydrogens (tertiary/aromatic N) is 1. The second kappa shape index (κ2) is 23.0. The van der Waals surface area contributed by atoms with E-state index in [4.69, 9.17) is 37.9 Å². The third kappa shape index (κ3) is 12.7. The maximum atomic E-state index is 14.8. The zero-order chi connectivity index (χ0) is 47.9. The summed E-state index contributed by atoms with van der Waals surface area (Å²) in [5.74, 6) is -4.74. The Morgan fingerprint density at radius 1 is 0.906 bits per heavy atom. The lowest BCUT2D eigenvalue weighted by Gasteiger charge is -2.50. The van der Waals surface area contributed by atoms with Crippen molar-refractivity contribution in [2.24, 2.45) is 29.6 Å². The van der Waals surface area contributed by atoms with E-state index >= 15 is 0 Å². The fourth-order valence-electron chi connectivity index (χ4n) is 10.7. The monoisotopic (exact) mass is 907 g/mol. The third-order valence-corrected chi connectivity index (χ3v) is 14.6. The number of aliphatic hydroxyl groups excluding tert-OH is 1. The molecule has 1 aromatic carbocycles. The summed E-state index contributed by atoms with van der Waals surface area (Å²) in [6, 6.07) is 9.71. The molecular weight excluding hydrogens is 825 g/mol. The Morgan fingerprint density at radius 3 is 2.11 bits per heavy atom. The topological polar surface area (TPSA) is 181 Å². The molecule has 3 saturated heterocycles. The number of aliphatic hydroxyl groups is 2. The Bertz CT molecular complexity index is 1650. The van der Waals surface area contributed by atoms with Crippen molar-refractivity contribution < 1.29 is 62.5 Å². The van der Waals surface area contributed by atoms with Gasteiger partial charge >= 0.3 is 11.9 Å². The number of hydrogen-bond donors (Lipinski definition) is 3. The highest BCUT2D eigenvalue weighted by Crippen LogP contribution is 2.43. The van der Waals surface area contributed by atoms with E-state index in [-0.39, 0.29) is 37.2 Å². The van der Waals surface area contributed by atoms with Gasteiger partial charge in [0.05, 0.1) is 35.9 Å². The molecule has 2 unspecified atom stereocenters. The van der Waals surface area contributed by atoms with Crippen LogP contribution in [0.2, 0.25) is 0 Å². The SMILES string of the molecule is CC[C@H]1OC(=O)[C@H](C)[C@@H](OC2C[C@@](C)(OC)[C@@H](OC(C)=O)[C@H](C)O2)[C@H](C)[C@@H](O[C@@H]2O[C@H](C)C[C@H](N(C)C)[C@H]2O)[C@](C)(OC)C[C@@H](C)C(=O)C(C)[C@@H](CCNCc2ccccc2)[C@]1(C)O. The normalized spacial score (nSPS) is 41.9. The molecular formula is C49H82N2O13. The number of rotatable bonds is 14. The average molecular weight is 907 g/mol. The molecule has 3 heterocycles. The molecule has 15 nitrogen and oxygen atoms in total. The summed E-state index contributed by atoms with van der Waals surface area (Å²) in [7, 11) is 6.90. The summed E-state index contributed by atoms with van der Waals surface area (Å²) in [6.07, 6.45) is -6.16. The molecule has 18 atom stereocenters. The summed E-state index contributed by atoms with van der Waals surface area (Å²) in [5, 5.41) is 27.9. The lowest BCUT2D eigenvalue weighted by molar-refractivity contribution is -0.320. The molecule has 0 bridgehead atoms. The van der Waals surface area contributed by atoms with Gasteiger partial charge < -0.3 is 58.3 Å². The van der Waals surface area contributed by atoms with Crippen LogP contribution in [0.5, 0.6) is 0 Å². The maximum absolute atomic E-state index is 14.8. The van der Waals surface area contributed by atoms with Crippen molar-refractivity contribution in [3.8, 4) is 0 Å². The number of carbonyl (C=O) groups is 3. The summed E-state index contributed by atoms with van der Waals surface area (Å²) in [5.41, 5.74) is -2.77. The van der Waals surface area contributed by atoms with Crippen LogP contribution < -0.4 is 5.32 Å². The van der Waals surface area contributed by atoms with E-state index in [1.165, 1.54) is 14.0 Å². The van der Waals surface area contributed by atoms with E-state index in [1.54, 1.807) is 27.9 Å². The Hall–Kier alpha value is -2.57. The molecule has 0 spiro atoms. The molecule has 64 heavy (non-hydrogen) atoms. The maximum Gasteiger partial charge on any atom is 0.311 e. The smallest absolute Gasteiger partial charge is 0.311 e.